The van der Waals surface area contributed by atoms with Gasteiger partial charge in [-0.25, -0.2) is 4.39 Å². The van der Waals surface area contributed by atoms with Crippen molar-refractivity contribution in [3.63, 3.8) is 0 Å². The third kappa shape index (κ3) is 2.31. The maximum Gasteiger partial charge on any atom is 0.253 e. The number of β-amino-alcohol motifs (C(OH)–C–C–N with tert-alkyl or cyclic N) is 1. The van der Waals surface area contributed by atoms with Gasteiger partial charge in [0.25, 0.3) is 5.91 Å². The van der Waals surface area contributed by atoms with Gasteiger partial charge in [0.15, 0.2) is 0 Å². The van der Waals surface area contributed by atoms with Crippen molar-refractivity contribution in [3.05, 3.63) is 34.6 Å². The molecule has 92 valence electrons. The van der Waals surface area contributed by atoms with Crippen molar-refractivity contribution in [2.45, 2.75) is 26.4 Å². The van der Waals surface area contributed by atoms with Gasteiger partial charge in [-0.05, 0) is 43.5 Å². The zero-order chi connectivity index (χ0) is 12.6. The number of aryl methyl sites for hydroxylation is 2. The van der Waals surface area contributed by atoms with E-state index in [0.29, 0.717) is 36.2 Å². The molecule has 1 aromatic rings. The van der Waals surface area contributed by atoms with Gasteiger partial charge in [0, 0.05) is 18.7 Å². The molecule has 4 heteroatoms. The number of amides is 1. The Labute approximate surface area is 99.9 Å². The molecule has 0 aliphatic carbocycles. The molecule has 0 spiro atoms. The lowest BCUT2D eigenvalue weighted by Crippen LogP contribution is -2.29. The minimum absolute atomic E-state index is 0.132. The topological polar surface area (TPSA) is 40.5 Å². The fraction of sp³-hybridized carbons (Fsp3) is 0.462. The van der Waals surface area contributed by atoms with Gasteiger partial charge in [-0.2, -0.15) is 0 Å². The zero-order valence-corrected chi connectivity index (χ0v) is 10.0. The lowest BCUT2D eigenvalue weighted by Gasteiger charge is -2.16. The van der Waals surface area contributed by atoms with E-state index in [9.17, 15) is 14.3 Å². The molecule has 0 saturated carbocycles. The first-order valence-corrected chi connectivity index (χ1v) is 5.73. The van der Waals surface area contributed by atoms with Crippen molar-refractivity contribution in [2.24, 2.45) is 0 Å². The normalized spacial score (nSPS) is 19.8. The van der Waals surface area contributed by atoms with Crippen molar-refractivity contribution in [1.82, 2.24) is 4.90 Å². The summed E-state index contributed by atoms with van der Waals surface area (Å²) in [5.74, 6) is -0.393. The summed E-state index contributed by atoms with van der Waals surface area (Å²) in [4.78, 5) is 13.7. The Balaban J connectivity index is 2.25. The second kappa shape index (κ2) is 4.45. The van der Waals surface area contributed by atoms with Gasteiger partial charge < -0.3 is 10.0 Å². The van der Waals surface area contributed by atoms with E-state index in [1.165, 1.54) is 0 Å². The Hall–Kier alpha value is -1.42. The fourth-order valence-corrected chi connectivity index (χ4v) is 2.18. The van der Waals surface area contributed by atoms with Crippen LogP contribution < -0.4 is 0 Å². The summed E-state index contributed by atoms with van der Waals surface area (Å²) < 4.78 is 13.4. The van der Waals surface area contributed by atoms with Crippen molar-refractivity contribution < 1.29 is 14.3 Å². The Bertz CT molecular complexity index is 436. The minimum Gasteiger partial charge on any atom is -0.391 e. The number of hydrogen-bond acceptors (Lipinski definition) is 2. The van der Waals surface area contributed by atoms with E-state index in [0.717, 1.165) is 0 Å². The molecule has 3 nitrogen and oxygen atoms in total. The quantitative estimate of drug-likeness (QED) is 0.806. The van der Waals surface area contributed by atoms with Crippen molar-refractivity contribution in [2.75, 3.05) is 13.1 Å². The summed E-state index contributed by atoms with van der Waals surface area (Å²) in [5, 5.41) is 9.39. The monoisotopic (exact) mass is 237 g/mol. The molecule has 2 rings (SSSR count). The Morgan fingerprint density at radius 3 is 2.47 bits per heavy atom. The van der Waals surface area contributed by atoms with Crippen LogP contribution in [0.3, 0.4) is 0 Å². The lowest BCUT2D eigenvalue weighted by molar-refractivity contribution is 0.0764. The fourth-order valence-electron chi connectivity index (χ4n) is 2.18. The van der Waals surface area contributed by atoms with E-state index in [1.807, 2.05) is 0 Å². The second-order valence-electron chi connectivity index (χ2n) is 4.62. The first kappa shape index (κ1) is 12.0. The van der Waals surface area contributed by atoms with Gasteiger partial charge in [-0.15, -0.1) is 0 Å². The summed E-state index contributed by atoms with van der Waals surface area (Å²) in [6.07, 6.45) is 0.187. The zero-order valence-electron chi connectivity index (χ0n) is 10.0. The number of likely N-dealkylation sites (tertiary alicyclic amines) is 1. The molecule has 0 unspecified atom stereocenters. The van der Waals surface area contributed by atoms with Gasteiger partial charge in [0.1, 0.15) is 5.82 Å². The van der Waals surface area contributed by atoms with Crippen molar-refractivity contribution in [3.8, 4) is 0 Å². The van der Waals surface area contributed by atoms with Gasteiger partial charge in [0.2, 0.25) is 0 Å². The van der Waals surface area contributed by atoms with Crippen LogP contribution >= 0.6 is 0 Å². The molecular weight excluding hydrogens is 221 g/mol. The van der Waals surface area contributed by atoms with Gasteiger partial charge in [-0.3, -0.25) is 4.79 Å². The number of carbonyl (C=O) groups is 1. The van der Waals surface area contributed by atoms with E-state index in [2.05, 4.69) is 0 Å². The molecule has 1 atom stereocenters. The number of nitrogens with zero attached hydrogens (tertiary/aromatic N) is 1. The van der Waals surface area contributed by atoms with Crippen LogP contribution in [-0.2, 0) is 0 Å². The highest BCUT2D eigenvalue weighted by atomic mass is 19.1. The van der Waals surface area contributed by atoms with Crippen LogP contribution in [0.4, 0.5) is 4.39 Å². The molecule has 1 fully saturated rings. The SMILES string of the molecule is Cc1cc(C(=O)N2CC[C@H](O)C2)cc(C)c1F. The molecule has 1 aromatic carbocycles. The molecule has 1 aliphatic rings. The van der Waals surface area contributed by atoms with Crippen LogP contribution in [0.25, 0.3) is 0 Å². The van der Waals surface area contributed by atoms with E-state index in [1.54, 1.807) is 30.9 Å². The van der Waals surface area contributed by atoms with Gasteiger partial charge in [0.05, 0.1) is 6.10 Å². The second-order valence-corrected chi connectivity index (χ2v) is 4.62. The molecular formula is C13H16FNO2. The van der Waals surface area contributed by atoms with Crippen LogP contribution in [0.5, 0.6) is 0 Å². The van der Waals surface area contributed by atoms with E-state index >= 15 is 0 Å². The summed E-state index contributed by atoms with van der Waals surface area (Å²) in [7, 11) is 0. The lowest BCUT2D eigenvalue weighted by atomic mass is 10.1. The van der Waals surface area contributed by atoms with Crippen LogP contribution in [0.2, 0.25) is 0 Å². The number of aliphatic hydroxyl groups is 1. The largest absolute Gasteiger partial charge is 0.391 e. The predicted octanol–water partition coefficient (Wildman–Crippen LogP) is 1.65. The average molecular weight is 237 g/mol. The molecule has 1 aliphatic heterocycles. The van der Waals surface area contributed by atoms with Gasteiger partial charge >= 0.3 is 0 Å². The summed E-state index contributed by atoms with van der Waals surface area (Å²) in [6, 6.07) is 3.13. The molecule has 1 amide bonds. The molecule has 0 aromatic heterocycles. The van der Waals surface area contributed by atoms with Crippen LogP contribution in [0.15, 0.2) is 12.1 Å². The van der Waals surface area contributed by atoms with Crippen LogP contribution in [-0.4, -0.2) is 35.1 Å². The number of hydrogen-bond donors (Lipinski definition) is 1. The summed E-state index contributed by atoms with van der Waals surface area (Å²) in [6.45, 7) is 4.24. The molecule has 1 heterocycles. The highest BCUT2D eigenvalue weighted by molar-refractivity contribution is 5.94. The predicted molar refractivity (Wildman–Crippen MR) is 62.4 cm³/mol. The molecule has 0 bridgehead atoms. The maximum atomic E-state index is 13.4. The number of rotatable bonds is 1. The third-order valence-corrected chi connectivity index (χ3v) is 3.13. The third-order valence-electron chi connectivity index (χ3n) is 3.13. The Kier molecular flexibility index (Phi) is 3.15. The number of carbonyl (C=O) groups excluding carboxylic acids is 1. The molecule has 1 saturated heterocycles. The van der Waals surface area contributed by atoms with E-state index in [4.69, 9.17) is 0 Å². The molecule has 1 N–H and O–H groups in total. The summed E-state index contributed by atoms with van der Waals surface area (Å²) >= 11 is 0. The number of halogens is 1. The summed E-state index contributed by atoms with van der Waals surface area (Å²) in [5.41, 5.74) is 1.46. The van der Waals surface area contributed by atoms with Crippen LogP contribution in [0, 0.1) is 19.7 Å². The number of benzene rings is 1. The van der Waals surface area contributed by atoms with Crippen molar-refractivity contribution >= 4 is 5.91 Å². The highest BCUT2D eigenvalue weighted by Crippen LogP contribution is 2.18. The Morgan fingerprint density at radius 1 is 1.41 bits per heavy atom. The first-order valence-electron chi connectivity index (χ1n) is 5.73. The van der Waals surface area contributed by atoms with E-state index < -0.39 is 6.10 Å². The minimum atomic E-state index is -0.429. The Morgan fingerprint density at radius 2 is 2.00 bits per heavy atom. The van der Waals surface area contributed by atoms with Crippen LogP contribution in [0.1, 0.15) is 27.9 Å². The smallest absolute Gasteiger partial charge is 0.253 e. The van der Waals surface area contributed by atoms with Gasteiger partial charge in [-0.1, -0.05) is 0 Å². The van der Waals surface area contributed by atoms with E-state index in [-0.39, 0.29) is 11.7 Å². The standard InChI is InChI=1S/C13H16FNO2/c1-8-5-10(6-9(2)12(8)14)13(17)15-4-3-11(16)7-15/h5-6,11,16H,3-4,7H2,1-2H3/t11-/m0/s1. The highest BCUT2D eigenvalue weighted by Gasteiger charge is 2.25. The number of aliphatic hydroxyl groups excluding tert-OH is 1. The molecule has 0 radical (unpaired) electrons. The average Bonchev–Trinajstić information content (AvgIpc) is 2.71. The maximum absolute atomic E-state index is 13.4. The first-order chi connectivity index (χ1) is 7.99. The van der Waals surface area contributed by atoms with Crippen molar-refractivity contribution in [1.29, 1.82) is 0 Å². The molecule has 17 heavy (non-hydrogen) atoms.